The Labute approximate surface area is 212 Å². The molecule has 0 fully saturated rings. The van der Waals surface area contributed by atoms with Gasteiger partial charge < -0.3 is 32.2 Å². The quantitative estimate of drug-likeness (QED) is 0.0698. The smallest absolute Gasteiger partial charge is 0.462 e. The first-order valence-corrected chi connectivity index (χ1v) is 14.4. The summed E-state index contributed by atoms with van der Waals surface area (Å²) < 4.78 is 41.4. The van der Waals surface area contributed by atoms with Crippen molar-refractivity contribution in [2.75, 3.05) is 39.6 Å². The van der Waals surface area contributed by atoms with Crippen molar-refractivity contribution in [1.82, 2.24) is 0 Å². The molecule has 0 rings (SSSR count). The summed E-state index contributed by atoms with van der Waals surface area (Å²) in [6, 6.07) is 0.406. The van der Waals surface area contributed by atoms with Gasteiger partial charge in [0, 0.05) is 49.5 Å². The Hall–Kier alpha value is -1.56. The van der Waals surface area contributed by atoms with Crippen LogP contribution in [0.15, 0.2) is 24.3 Å². The van der Waals surface area contributed by atoms with Gasteiger partial charge in [0.15, 0.2) is 0 Å². The van der Waals surface area contributed by atoms with E-state index in [2.05, 4.69) is 13.2 Å². The number of hydrogen-bond acceptors (Lipinski definition) is 9. The van der Waals surface area contributed by atoms with E-state index in [1.807, 2.05) is 34.6 Å². The average molecular weight is 519 g/mol. The first kappa shape index (κ1) is 33.4. The Kier molecular flexibility index (Phi) is 17.0. The van der Waals surface area contributed by atoms with E-state index in [0.29, 0.717) is 62.9 Å². The van der Waals surface area contributed by atoms with Crippen LogP contribution in [0.1, 0.15) is 67.7 Å². The number of carbonyl (C=O) groups excluding carboxylic acids is 2. The molecule has 1 atom stereocenters. The lowest BCUT2D eigenvalue weighted by atomic mass is 10.0. The number of ether oxygens (including phenoxy) is 4. The molecular weight excluding hydrogens is 472 g/mol. The predicted molar refractivity (Wildman–Crippen MR) is 135 cm³/mol. The van der Waals surface area contributed by atoms with Crippen molar-refractivity contribution < 1.29 is 41.8 Å². The Morgan fingerprint density at radius 1 is 0.800 bits per heavy atom. The van der Waals surface area contributed by atoms with Crippen molar-refractivity contribution in [3.8, 4) is 0 Å². The summed E-state index contributed by atoms with van der Waals surface area (Å²) >= 11 is 0. The molecule has 1 unspecified atom stereocenters. The van der Waals surface area contributed by atoms with Gasteiger partial charge in [0.25, 0.3) is 5.97 Å². The molecule has 0 spiro atoms. The highest BCUT2D eigenvalue weighted by Crippen LogP contribution is 2.35. The summed E-state index contributed by atoms with van der Waals surface area (Å²) in [6.07, 6.45) is 1.66. The minimum atomic E-state index is -3.31. The zero-order valence-corrected chi connectivity index (χ0v) is 23.7. The fraction of sp³-hybridized carbons (Fsp3) is 0.760. The molecule has 0 heterocycles. The lowest BCUT2D eigenvalue weighted by molar-refractivity contribution is -0.380. The van der Waals surface area contributed by atoms with Crippen molar-refractivity contribution in [2.45, 2.75) is 79.7 Å². The molecular formula is C25H46O9Si. The Bertz CT molecular complexity index is 653. The van der Waals surface area contributed by atoms with E-state index in [1.54, 1.807) is 13.8 Å². The maximum atomic E-state index is 11.7. The lowest BCUT2D eigenvalue weighted by Gasteiger charge is -2.43. The molecule has 204 valence electrons. The van der Waals surface area contributed by atoms with Gasteiger partial charge in [-0.15, -0.1) is 0 Å². The van der Waals surface area contributed by atoms with Crippen molar-refractivity contribution >= 4 is 20.7 Å². The van der Waals surface area contributed by atoms with Gasteiger partial charge in [-0.2, -0.15) is 0 Å². The summed E-state index contributed by atoms with van der Waals surface area (Å²) in [7, 11) is -3.31. The van der Waals surface area contributed by atoms with Crippen molar-refractivity contribution in [2.24, 2.45) is 5.92 Å². The van der Waals surface area contributed by atoms with E-state index in [0.717, 1.165) is 0 Å². The molecule has 35 heavy (non-hydrogen) atoms. The van der Waals surface area contributed by atoms with Crippen LogP contribution in [-0.4, -0.2) is 66.4 Å². The van der Waals surface area contributed by atoms with Crippen LogP contribution in [0.25, 0.3) is 0 Å². The molecule has 0 aliphatic heterocycles. The van der Waals surface area contributed by atoms with Crippen LogP contribution in [0.3, 0.4) is 0 Å². The van der Waals surface area contributed by atoms with Gasteiger partial charge >= 0.3 is 20.7 Å². The molecule has 0 N–H and O–H groups in total. The van der Waals surface area contributed by atoms with Crippen LogP contribution in [0.4, 0.5) is 0 Å². The van der Waals surface area contributed by atoms with Crippen LogP contribution in [-0.2, 0) is 41.8 Å². The topological polar surface area (TPSA) is 98.8 Å². The third-order valence-corrected chi connectivity index (χ3v) is 7.91. The molecule has 0 saturated carbocycles. The van der Waals surface area contributed by atoms with Crippen LogP contribution in [0, 0.1) is 5.92 Å². The second-order valence-electron chi connectivity index (χ2n) is 8.10. The number of hydrogen-bond donors (Lipinski definition) is 0. The van der Waals surface area contributed by atoms with Crippen LogP contribution < -0.4 is 0 Å². The van der Waals surface area contributed by atoms with Crippen LogP contribution in [0.5, 0.6) is 0 Å². The van der Waals surface area contributed by atoms with Gasteiger partial charge in [0.2, 0.25) is 0 Å². The Morgan fingerprint density at radius 3 is 1.66 bits per heavy atom. The van der Waals surface area contributed by atoms with E-state index >= 15 is 0 Å². The second-order valence-corrected chi connectivity index (χ2v) is 10.7. The highest BCUT2D eigenvalue weighted by molar-refractivity contribution is 6.60. The van der Waals surface area contributed by atoms with Crippen LogP contribution >= 0.6 is 0 Å². The molecule has 0 saturated heterocycles. The van der Waals surface area contributed by atoms with Gasteiger partial charge in [0.05, 0.1) is 13.2 Å². The molecule has 0 aliphatic rings. The zero-order chi connectivity index (χ0) is 26.9. The molecule has 0 aliphatic carbocycles. The molecule has 0 radical (unpaired) electrons. The van der Waals surface area contributed by atoms with Gasteiger partial charge in [0.1, 0.15) is 0 Å². The highest BCUT2D eigenvalue weighted by atomic mass is 28.4. The van der Waals surface area contributed by atoms with E-state index in [4.69, 9.17) is 32.2 Å². The average Bonchev–Trinajstić information content (AvgIpc) is 2.79. The Morgan fingerprint density at radius 2 is 1.26 bits per heavy atom. The number of esters is 2. The van der Waals surface area contributed by atoms with E-state index in [9.17, 15) is 9.59 Å². The summed E-state index contributed by atoms with van der Waals surface area (Å²) in [4.78, 5) is 23.4. The molecule has 0 aromatic rings. The fourth-order valence-electron chi connectivity index (χ4n) is 3.27. The highest BCUT2D eigenvalue weighted by Gasteiger charge is 2.52. The van der Waals surface area contributed by atoms with Gasteiger partial charge in [-0.05, 0) is 60.8 Å². The van der Waals surface area contributed by atoms with Gasteiger partial charge in [-0.1, -0.05) is 20.1 Å². The predicted octanol–water partition coefficient (Wildman–Crippen LogP) is 4.79. The third-order valence-electron chi connectivity index (χ3n) is 4.89. The second kappa shape index (κ2) is 17.8. The normalized spacial score (nSPS) is 12.8. The molecule has 0 aromatic heterocycles. The molecule has 0 bridgehead atoms. The van der Waals surface area contributed by atoms with E-state index in [-0.39, 0.29) is 19.1 Å². The van der Waals surface area contributed by atoms with Gasteiger partial charge in [-0.25, -0.2) is 9.59 Å². The minimum absolute atomic E-state index is 0.184. The molecule has 10 heteroatoms. The Balaban J connectivity index is 5.62. The van der Waals surface area contributed by atoms with Crippen molar-refractivity contribution in [1.29, 1.82) is 0 Å². The minimum Gasteiger partial charge on any atom is -0.462 e. The van der Waals surface area contributed by atoms with E-state index < -0.39 is 26.7 Å². The lowest BCUT2D eigenvalue weighted by Crippen LogP contribution is -2.58. The fourth-order valence-corrected chi connectivity index (χ4v) is 6.07. The summed E-state index contributed by atoms with van der Waals surface area (Å²) in [5, 5.41) is 0. The number of carbonyl (C=O) groups is 2. The molecule has 0 amide bonds. The largest absolute Gasteiger partial charge is 0.504 e. The standard InChI is InChI=1S/C25H46O9Si/c1-10-30-25(31-11-2,22(9)16-14-17-28-23(26)20(5)6)34-35(32-12-3,33-13-4)19-15-18-29-24(27)21(7)8/h22H,5,7,10-19H2,1-4,6,8-9H3. The maximum absolute atomic E-state index is 11.7. The molecule has 0 aromatic carbocycles. The summed E-state index contributed by atoms with van der Waals surface area (Å²) in [6.45, 7) is 21.7. The zero-order valence-electron chi connectivity index (χ0n) is 22.7. The monoisotopic (exact) mass is 518 g/mol. The first-order chi connectivity index (χ1) is 16.5. The molecule has 9 nitrogen and oxygen atoms in total. The first-order valence-electron chi connectivity index (χ1n) is 12.4. The van der Waals surface area contributed by atoms with Crippen LogP contribution in [0.2, 0.25) is 6.04 Å². The SMILES string of the molecule is C=C(C)C(=O)OCCCC(C)C(OCC)(OCC)O[Si](CCCOC(=O)C(=C)C)(OCC)OCC. The maximum Gasteiger partial charge on any atom is 0.504 e. The third kappa shape index (κ3) is 12.3. The summed E-state index contributed by atoms with van der Waals surface area (Å²) in [5.41, 5.74) is 0.700. The van der Waals surface area contributed by atoms with Gasteiger partial charge in [-0.3, -0.25) is 0 Å². The number of rotatable bonds is 21. The van der Waals surface area contributed by atoms with Crippen molar-refractivity contribution in [3.05, 3.63) is 24.3 Å². The van der Waals surface area contributed by atoms with E-state index in [1.165, 1.54) is 0 Å². The van der Waals surface area contributed by atoms with Crippen molar-refractivity contribution in [3.63, 3.8) is 0 Å². The summed E-state index contributed by atoms with van der Waals surface area (Å²) in [5.74, 6) is -2.50.